The third-order valence-corrected chi connectivity index (χ3v) is 6.49. The van der Waals surface area contributed by atoms with E-state index < -0.39 is 29.7 Å². The lowest BCUT2D eigenvalue weighted by molar-refractivity contribution is -0.142. The topological polar surface area (TPSA) is 99.3 Å². The summed E-state index contributed by atoms with van der Waals surface area (Å²) < 4.78 is 20.2. The van der Waals surface area contributed by atoms with Crippen molar-refractivity contribution in [2.75, 3.05) is 49.1 Å². The summed E-state index contributed by atoms with van der Waals surface area (Å²) in [5.74, 6) is -1.89. The molecule has 9 nitrogen and oxygen atoms in total. The third-order valence-electron chi connectivity index (χ3n) is 5.78. The Morgan fingerprint density at radius 1 is 1.20 bits per heavy atom. The second-order valence-electron chi connectivity index (χ2n) is 8.22. The van der Waals surface area contributed by atoms with Crippen LogP contribution in [0.1, 0.15) is 12.5 Å². The molecule has 0 spiro atoms. The molecule has 3 heterocycles. The molecule has 184 valence electrons. The van der Waals surface area contributed by atoms with Gasteiger partial charge in [0.05, 0.1) is 24.5 Å². The largest absolute Gasteiger partial charge is 0.442 e. The van der Waals surface area contributed by atoms with Crippen LogP contribution in [0.2, 0.25) is 0 Å². The second-order valence-corrected chi connectivity index (χ2v) is 9.00. The molecule has 1 atom stereocenters. The fourth-order valence-electron chi connectivity index (χ4n) is 3.94. The van der Waals surface area contributed by atoms with Crippen LogP contribution in [0.5, 0.6) is 0 Å². The number of nitrogens with one attached hydrogen (secondary N) is 1. The van der Waals surface area contributed by atoms with Crippen molar-refractivity contribution >= 4 is 52.5 Å². The number of rotatable bonds is 7. The zero-order chi connectivity index (χ0) is 24.9. The summed E-state index contributed by atoms with van der Waals surface area (Å²) in [5, 5.41) is 6.37. The average molecular weight is 501 g/mol. The Bertz CT molecular complexity index is 1140. The van der Waals surface area contributed by atoms with E-state index in [4.69, 9.17) is 4.74 Å². The van der Waals surface area contributed by atoms with E-state index in [1.54, 1.807) is 23.1 Å². The summed E-state index contributed by atoms with van der Waals surface area (Å²) in [7, 11) is 0. The number of ketones is 1. The van der Waals surface area contributed by atoms with Crippen LogP contribution in [-0.2, 0) is 19.1 Å². The van der Waals surface area contributed by atoms with Crippen molar-refractivity contribution in [1.82, 2.24) is 10.2 Å². The smallest absolute Gasteiger partial charge is 0.414 e. The zero-order valence-corrected chi connectivity index (χ0v) is 19.9. The number of piperazine rings is 1. The summed E-state index contributed by atoms with van der Waals surface area (Å²) in [5.41, 5.74) is 1.58. The summed E-state index contributed by atoms with van der Waals surface area (Å²) in [6.45, 7) is 3.09. The van der Waals surface area contributed by atoms with Crippen LogP contribution in [0.25, 0.3) is 6.08 Å². The van der Waals surface area contributed by atoms with E-state index in [0.29, 0.717) is 37.6 Å². The van der Waals surface area contributed by atoms with E-state index >= 15 is 0 Å². The molecule has 1 N–H and O–H groups in total. The average Bonchev–Trinajstić information content (AvgIpc) is 3.50. The quantitative estimate of drug-likeness (QED) is 0.463. The maximum Gasteiger partial charge on any atom is 0.414 e. The highest BCUT2D eigenvalue weighted by Gasteiger charge is 2.33. The monoisotopic (exact) mass is 500 g/mol. The van der Waals surface area contributed by atoms with Gasteiger partial charge in [0.1, 0.15) is 11.9 Å². The van der Waals surface area contributed by atoms with Crippen molar-refractivity contribution in [2.45, 2.75) is 13.0 Å². The number of anilines is 2. The number of benzene rings is 1. The highest BCUT2D eigenvalue weighted by atomic mass is 32.1. The molecule has 1 aromatic heterocycles. The van der Waals surface area contributed by atoms with Crippen LogP contribution in [0.15, 0.2) is 41.1 Å². The Morgan fingerprint density at radius 3 is 2.63 bits per heavy atom. The first-order chi connectivity index (χ1) is 16.8. The van der Waals surface area contributed by atoms with E-state index in [2.05, 4.69) is 5.32 Å². The molecule has 2 aliphatic heterocycles. The fourth-order valence-corrected chi connectivity index (χ4v) is 4.56. The lowest BCUT2D eigenvalue weighted by Gasteiger charge is -2.36. The molecule has 11 heteroatoms. The lowest BCUT2D eigenvalue weighted by atomic mass is 10.2. The van der Waals surface area contributed by atoms with Gasteiger partial charge in [0.25, 0.3) is 5.91 Å². The predicted octanol–water partition coefficient (Wildman–Crippen LogP) is 2.28. The Morgan fingerprint density at radius 2 is 1.97 bits per heavy atom. The van der Waals surface area contributed by atoms with Crippen LogP contribution in [0.3, 0.4) is 0 Å². The summed E-state index contributed by atoms with van der Waals surface area (Å²) >= 11 is 1.50. The van der Waals surface area contributed by atoms with Crippen LogP contribution in [0.4, 0.5) is 20.6 Å². The maximum absolute atomic E-state index is 15.0. The highest BCUT2D eigenvalue weighted by Crippen LogP contribution is 2.28. The molecule has 4 rings (SSSR count). The number of cyclic esters (lactones) is 1. The molecule has 1 aromatic carbocycles. The number of amides is 3. The minimum absolute atomic E-state index is 0.188. The maximum atomic E-state index is 15.0. The van der Waals surface area contributed by atoms with Gasteiger partial charge in [0.2, 0.25) is 11.7 Å². The Labute approximate surface area is 205 Å². The molecule has 0 radical (unpaired) electrons. The third kappa shape index (κ3) is 5.86. The van der Waals surface area contributed by atoms with E-state index in [1.807, 2.05) is 16.8 Å². The van der Waals surface area contributed by atoms with E-state index in [1.165, 1.54) is 40.2 Å². The summed E-state index contributed by atoms with van der Waals surface area (Å²) in [6, 6.07) is 6.35. The van der Waals surface area contributed by atoms with Crippen molar-refractivity contribution in [3.63, 3.8) is 0 Å². The van der Waals surface area contributed by atoms with Crippen molar-refractivity contribution < 1.29 is 28.3 Å². The van der Waals surface area contributed by atoms with Crippen LogP contribution in [-0.4, -0.2) is 74.0 Å². The molecule has 0 aliphatic carbocycles. The minimum Gasteiger partial charge on any atom is -0.442 e. The number of ether oxygens (including phenoxy) is 1. The molecule has 0 unspecified atom stereocenters. The number of halogens is 1. The zero-order valence-electron chi connectivity index (χ0n) is 19.1. The van der Waals surface area contributed by atoms with Crippen molar-refractivity contribution in [3.8, 4) is 0 Å². The SMILES string of the molecule is CC(=O)NC[C@H]1CN(c2ccc(N3CCN(C(=O)C(=O)/C=C/c4ccsc4)CC3)c(F)c2)C(=O)O1. The summed E-state index contributed by atoms with van der Waals surface area (Å²) in [6.07, 6.45) is 1.78. The molecule has 35 heavy (non-hydrogen) atoms. The molecule has 0 saturated carbocycles. The molecule has 2 aliphatic rings. The van der Waals surface area contributed by atoms with Gasteiger partial charge in [-0.05, 0) is 46.7 Å². The number of hydrogen-bond donors (Lipinski definition) is 1. The van der Waals surface area contributed by atoms with Crippen LogP contribution in [0, 0.1) is 5.82 Å². The van der Waals surface area contributed by atoms with Crippen LogP contribution < -0.4 is 15.1 Å². The molecular formula is C24H25FN4O5S. The number of thiophene rings is 1. The molecule has 2 aromatic rings. The van der Waals surface area contributed by atoms with Gasteiger partial charge in [-0.25, -0.2) is 9.18 Å². The van der Waals surface area contributed by atoms with Crippen molar-refractivity contribution in [1.29, 1.82) is 0 Å². The lowest BCUT2D eigenvalue weighted by Crippen LogP contribution is -2.50. The first-order valence-electron chi connectivity index (χ1n) is 11.1. The number of carbonyl (C=O) groups excluding carboxylic acids is 4. The molecular weight excluding hydrogens is 475 g/mol. The first kappa shape index (κ1) is 24.4. The Hall–Kier alpha value is -3.73. The van der Waals surface area contributed by atoms with E-state index in [0.717, 1.165) is 5.56 Å². The summed E-state index contributed by atoms with van der Waals surface area (Å²) in [4.78, 5) is 52.5. The standard InChI is InChI=1S/C24H25FN4O5S/c1-16(30)26-13-19-14-29(24(33)34-19)18-3-4-21(20(25)12-18)27-7-9-28(10-8-27)23(32)22(31)5-2-17-6-11-35-15-17/h2-6,11-12,15,19H,7-10,13-14H2,1H3,(H,26,30)/b5-2+/t19-/m0/s1. The Balaban J connectivity index is 1.33. The van der Waals surface area contributed by atoms with Gasteiger partial charge in [-0.1, -0.05) is 6.08 Å². The highest BCUT2D eigenvalue weighted by molar-refractivity contribution is 7.08. The van der Waals surface area contributed by atoms with Gasteiger partial charge in [-0.3, -0.25) is 19.3 Å². The minimum atomic E-state index is -0.600. The van der Waals surface area contributed by atoms with Crippen molar-refractivity contribution in [3.05, 3.63) is 52.5 Å². The van der Waals surface area contributed by atoms with Gasteiger partial charge >= 0.3 is 6.09 Å². The first-order valence-corrected chi connectivity index (χ1v) is 12.1. The van der Waals surface area contributed by atoms with Gasteiger partial charge in [0.15, 0.2) is 0 Å². The molecule has 2 fully saturated rings. The van der Waals surface area contributed by atoms with Crippen molar-refractivity contribution in [2.24, 2.45) is 0 Å². The molecule has 3 amide bonds. The van der Waals surface area contributed by atoms with E-state index in [9.17, 15) is 23.6 Å². The van der Waals surface area contributed by atoms with E-state index in [-0.39, 0.29) is 19.0 Å². The number of nitrogens with zero attached hydrogens (tertiary/aromatic N) is 3. The normalized spacial score (nSPS) is 18.2. The number of carbonyl (C=O) groups is 4. The fraction of sp³-hybridized carbons (Fsp3) is 0.333. The van der Waals surface area contributed by atoms with Crippen LogP contribution >= 0.6 is 11.3 Å². The second kappa shape index (κ2) is 10.7. The predicted molar refractivity (Wildman–Crippen MR) is 130 cm³/mol. The molecule has 2 saturated heterocycles. The van der Waals surface area contributed by atoms with Gasteiger partial charge in [0, 0.05) is 33.1 Å². The van der Waals surface area contributed by atoms with Gasteiger partial charge < -0.3 is 19.9 Å². The molecule has 0 bridgehead atoms. The van der Waals surface area contributed by atoms with Gasteiger partial charge in [-0.2, -0.15) is 11.3 Å². The Kier molecular flexibility index (Phi) is 7.45. The van der Waals surface area contributed by atoms with Gasteiger partial charge in [-0.15, -0.1) is 0 Å². The number of hydrogen-bond acceptors (Lipinski definition) is 7.